The maximum Gasteiger partial charge on any atom is 0.269 e. The molecule has 0 saturated carbocycles. The van der Waals surface area contributed by atoms with Gasteiger partial charge in [-0.15, -0.1) is 0 Å². The van der Waals surface area contributed by atoms with Crippen LogP contribution in [0.1, 0.15) is 19.4 Å². The van der Waals surface area contributed by atoms with Crippen LogP contribution in [0.3, 0.4) is 0 Å². The number of hydrogen-bond donors (Lipinski definition) is 0. The molecule has 2 unspecified atom stereocenters. The van der Waals surface area contributed by atoms with E-state index in [-0.39, 0.29) is 10.6 Å². The monoisotopic (exact) mass is 271 g/mol. The maximum absolute atomic E-state index is 10.4. The minimum atomic E-state index is -0.375. The standard InChI is InChI=1S/C11H14BrNO2/c1-8(9(2)12)7-10-3-5-11(6-4-10)13(14)15/h3-6,8-9H,7H2,1-2H3. The summed E-state index contributed by atoms with van der Waals surface area (Å²) in [6, 6.07) is 6.76. The van der Waals surface area contributed by atoms with Gasteiger partial charge in [0.25, 0.3) is 5.69 Å². The van der Waals surface area contributed by atoms with Gasteiger partial charge in [-0.25, -0.2) is 0 Å². The first-order chi connectivity index (χ1) is 7.00. The van der Waals surface area contributed by atoms with E-state index < -0.39 is 0 Å². The second kappa shape index (κ2) is 5.26. The SMILES string of the molecule is CC(Br)C(C)Cc1ccc([N+](=O)[O-])cc1. The molecule has 82 valence electrons. The summed E-state index contributed by atoms with van der Waals surface area (Å²) >= 11 is 3.53. The highest BCUT2D eigenvalue weighted by atomic mass is 79.9. The minimum Gasteiger partial charge on any atom is -0.258 e. The molecule has 0 fully saturated rings. The van der Waals surface area contributed by atoms with E-state index in [4.69, 9.17) is 0 Å². The van der Waals surface area contributed by atoms with Crippen molar-refractivity contribution in [2.24, 2.45) is 5.92 Å². The van der Waals surface area contributed by atoms with Gasteiger partial charge in [-0.2, -0.15) is 0 Å². The summed E-state index contributed by atoms with van der Waals surface area (Å²) in [5.74, 6) is 0.520. The molecule has 0 aliphatic carbocycles. The van der Waals surface area contributed by atoms with Gasteiger partial charge in [0.2, 0.25) is 0 Å². The molecule has 0 radical (unpaired) electrons. The molecule has 0 amide bonds. The Morgan fingerprint density at radius 3 is 2.27 bits per heavy atom. The summed E-state index contributed by atoms with van der Waals surface area (Å²) in [6.45, 7) is 4.26. The van der Waals surface area contributed by atoms with Crippen LogP contribution in [0.15, 0.2) is 24.3 Å². The summed E-state index contributed by atoms with van der Waals surface area (Å²) in [6.07, 6.45) is 0.935. The van der Waals surface area contributed by atoms with Crippen LogP contribution in [0.5, 0.6) is 0 Å². The average molecular weight is 272 g/mol. The lowest BCUT2D eigenvalue weighted by molar-refractivity contribution is -0.384. The molecule has 3 nitrogen and oxygen atoms in total. The van der Waals surface area contributed by atoms with Crippen molar-refractivity contribution in [3.8, 4) is 0 Å². The zero-order chi connectivity index (χ0) is 11.4. The fraction of sp³-hybridized carbons (Fsp3) is 0.455. The number of nitro benzene ring substituents is 1. The van der Waals surface area contributed by atoms with E-state index in [2.05, 4.69) is 29.8 Å². The Kier molecular flexibility index (Phi) is 4.27. The van der Waals surface area contributed by atoms with Gasteiger partial charge in [0.05, 0.1) is 4.92 Å². The van der Waals surface area contributed by atoms with Gasteiger partial charge in [-0.3, -0.25) is 10.1 Å². The van der Waals surface area contributed by atoms with Gasteiger partial charge in [0.1, 0.15) is 0 Å². The normalized spacial score (nSPS) is 14.6. The molecule has 0 N–H and O–H groups in total. The zero-order valence-corrected chi connectivity index (χ0v) is 10.4. The van der Waals surface area contributed by atoms with Crippen LogP contribution in [0.4, 0.5) is 5.69 Å². The lowest BCUT2D eigenvalue weighted by atomic mass is 9.99. The minimum absolute atomic E-state index is 0.151. The number of rotatable bonds is 4. The number of alkyl halides is 1. The fourth-order valence-electron chi connectivity index (χ4n) is 1.29. The Morgan fingerprint density at radius 2 is 1.87 bits per heavy atom. The largest absolute Gasteiger partial charge is 0.269 e. The second-order valence-electron chi connectivity index (χ2n) is 3.78. The lowest BCUT2D eigenvalue weighted by Gasteiger charge is -2.13. The predicted molar refractivity (Wildman–Crippen MR) is 64.4 cm³/mol. The Morgan fingerprint density at radius 1 is 1.33 bits per heavy atom. The predicted octanol–water partition coefficient (Wildman–Crippen LogP) is 3.56. The highest BCUT2D eigenvalue weighted by Crippen LogP contribution is 2.19. The molecule has 0 saturated heterocycles. The molecular formula is C11H14BrNO2. The maximum atomic E-state index is 10.4. The van der Waals surface area contributed by atoms with Crippen molar-refractivity contribution in [2.45, 2.75) is 25.1 Å². The molecule has 0 spiro atoms. The molecular weight excluding hydrogens is 258 g/mol. The smallest absolute Gasteiger partial charge is 0.258 e. The summed E-state index contributed by atoms with van der Waals surface area (Å²) in [7, 11) is 0. The molecule has 0 aromatic heterocycles. The number of hydrogen-bond acceptors (Lipinski definition) is 2. The first-order valence-corrected chi connectivity index (χ1v) is 5.79. The fourth-order valence-corrected chi connectivity index (χ4v) is 1.47. The average Bonchev–Trinajstić information content (AvgIpc) is 2.18. The number of benzene rings is 1. The van der Waals surface area contributed by atoms with Crippen LogP contribution in [-0.4, -0.2) is 9.75 Å². The second-order valence-corrected chi connectivity index (χ2v) is 5.23. The highest BCUT2D eigenvalue weighted by Gasteiger charge is 2.10. The van der Waals surface area contributed by atoms with Crippen molar-refractivity contribution in [3.63, 3.8) is 0 Å². The van der Waals surface area contributed by atoms with Gasteiger partial charge >= 0.3 is 0 Å². The third-order valence-corrected chi connectivity index (χ3v) is 3.39. The van der Waals surface area contributed by atoms with Crippen molar-refractivity contribution in [1.82, 2.24) is 0 Å². The van der Waals surface area contributed by atoms with Crippen LogP contribution in [0, 0.1) is 16.0 Å². The molecule has 0 heterocycles. The van der Waals surface area contributed by atoms with Crippen molar-refractivity contribution in [3.05, 3.63) is 39.9 Å². The van der Waals surface area contributed by atoms with E-state index in [1.54, 1.807) is 12.1 Å². The molecule has 0 aliphatic rings. The van der Waals surface area contributed by atoms with E-state index in [1.807, 2.05) is 12.1 Å². The Hall–Kier alpha value is -0.900. The van der Waals surface area contributed by atoms with E-state index in [9.17, 15) is 10.1 Å². The van der Waals surface area contributed by atoms with Crippen molar-refractivity contribution in [1.29, 1.82) is 0 Å². The van der Waals surface area contributed by atoms with Crippen molar-refractivity contribution in [2.75, 3.05) is 0 Å². The Bertz CT molecular complexity index is 335. The number of nitro groups is 1. The van der Waals surface area contributed by atoms with Gasteiger partial charge in [0, 0.05) is 17.0 Å². The summed E-state index contributed by atoms with van der Waals surface area (Å²) in [5.41, 5.74) is 1.29. The van der Waals surface area contributed by atoms with Crippen LogP contribution < -0.4 is 0 Å². The van der Waals surface area contributed by atoms with Gasteiger partial charge < -0.3 is 0 Å². The highest BCUT2D eigenvalue weighted by molar-refractivity contribution is 9.09. The van der Waals surface area contributed by atoms with Gasteiger partial charge in [0.15, 0.2) is 0 Å². The quantitative estimate of drug-likeness (QED) is 0.478. The lowest BCUT2D eigenvalue weighted by Crippen LogP contribution is -2.09. The Balaban J connectivity index is 2.68. The van der Waals surface area contributed by atoms with Gasteiger partial charge in [-0.1, -0.05) is 41.9 Å². The molecule has 1 aromatic rings. The van der Waals surface area contributed by atoms with E-state index in [0.29, 0.717) is 10.7 Å². The number of non-ortho nitro benzene ring substituents is 1. The summed E-state index contributed by atoms with van der Waals surface area (Å²) < 4.78 is 0. The number of nitrogens with zero attached hydrogens (tertiary/aromatic N) is 1. The molecule has 15 heavy (non-hydrogen) atoms. The van der Waals surface area contributed by atoms with Crippen LogP contribution >= 0.6 is 15.9 Å². The van der Waals surface area contributed by atoms with E-state index in [1.165, 1.54) is 0 Å². The van der Waals surface area contributed by atoms with Crippen LogP contribution in [0.2, 0.25) is 0 Å². The Labute approximate surface area is 97.8 Å². The summed E-state index contributed by atoms with van der Waals surface area (Å²) in [5, 5.41) is 10.4. The van der Waals surface area contributed by atoms with Crippen LogP contribution in [0.25, 0.3) is 0 Å². The molecule has 4 heteroatoms. The van der Waals surface area contributed by atoms with Crippen molar-refractivity contribution < 1.29 is 4.92 Å². The first kappa shape index (κ1) is 12.2. The third kappa shape index (κ3) is 3.63. The van der Waals surface area contributed by atoms with Crippen molar-refractivity contribution >= 4 is 21.6 Å². The molecule has 0 bridgehead atoms. The molecule has 2 atom stereocenters. The molecule has 0 aliphatic heterocycles. The zero-order valence-electron chi connectivity index (χ0n) is 8.81. The van der Waals surface area contributed by atoms with Crippen LogP contribution in [-0.2, 0) is 6.42 Å². The summed E-state index contributed by atoms with van der Waals surface area (Å²) in [4.78, 5) is 10.5. The number of halogens is 1. The first-order valence-electron chi connectivity index (χ1n) is 4.88. The van der Waals surface area contributed by atoms with Gasteiger partial charge in [-0.05, 0) is 17.9 Å². The molecule has 1 aromatic carbocycles. The third-order valence-electron chi connectivity index (χ3n) is 2.49. The topological polar surface area (TPSA) is 43.1 Å². The molecule has 1 rings (SSSR count). The van der Waals surface area contributed by atoms with E-state index >= 15 is 0 Å². The van der Waals surface area contributed by atoms with E-state index in [0.717, 1.165) is 12.0 Å².